The average molecular weight is 459 g/mol. The Morgan fingerprint density at radius 3 is 2.59 bits per heavy atom. The summed E-state index contributed by atoms with van der Waals surface area (Å²) in [5, 5.41) is 21.4. The highest BCUT2D eigenvalue weighted by molar-refractivity contribution is 5.81. The maximum Gasteiger partial charge on any atom is 0.416 e. The van der Waals surface area contributed by atoms with Gasteiger partial charge in [0.25, 0.3) is 6.43 Å². The van der Waals surface area contributed by atoms with Gasteiger partial charge in [-0.05, 0) is 43.2 Å². The number of likely N-dealkylation sites (tertiary alicyclic amines) is 1. The van der Waals surface area contributed by atoms with Crippen LogP contribution in [-0.4, -0.2) is 56.5 Å². The van der Waals surface area contributed by atoms with Crippen molar-refractivity contribution in [3.05, 3.63) is 42.1 Å². The third kappa shape index (κ3) is 4.31. The summed E-state index contributed by atoms with van der Waals surface area (Å²) in [6.07, 6.45) is -7.28. The van der Waals surface area contributed by atoms with Gasteiger partial charge in [0.1, 0.15) is 11.4 Å². The number of rotatable bonds is 5. The van der Waals surface area contributed by atoms with Crippen LogP contribution in [-0.2, 0) is 6.18 Å². The normalized spacial score (nSPS) is 18.9. The van der Waals surface area contributed by atoms with Gasteiger partial charge in [-0.25, -0.2) is 13.2 Å². The van der Waals surface area contributed by atoms with E-state index in [1.54, 1.807) is 22.7 Å². The van der Waals surface area contributed by atoms with Crippen LogP contribution in [0, 0.1) is 0 Å². The summed E-state index contributed by atoms with van der Waals surface area (Å²) in [7, 11) is 0. The molecular weight excluding hydrogens is 440 g/mol. The molecule has 0 spiro atoms. The van der Waals surface area contributed by atoms with Crippen molar-refractivity contribution in [3.8, 4) is 17.0 Å². The summed E-state index contributed by atoms with van der Waals surface area (Å²) < 4.78 is 79.4. The molecule has 0 amide bonds. The number of halogens is 6. The number of aromatic nitrogens is 3. The molecule has 1 aliphatic rings. The minimum absolute atomic E-state index is 0.0530. The smallest absolute Gasteiger partial charge is 0.416 e. The Bertz CT molecular complexity index is 1100. The Morgan fingerprint density at radius 2 is 1.91 bits per heavy atom. The molecule has 1 fully saturated rings. The SMILES string of the molecule is Oc1cc(C(F)(F)F)ccc1-c1nnc(N[C@@H]2CCCN(C(F)C(F)F)C2)n2cccc12. The summed E-state index contributed by atoms with van der Waals surface area (Å²) in [6, 6.07) is 5.54. The Balaban J connectivity index is 1.61. The predicted octanol–water partition coefficient (Wildman–Crippen LogP) is 4.56. The highest BCUT2D eigenvalue weighted by Gasteiger charge is 2.33. The van der Waals surface area contributed by atoms with Crippen LogP contribution in [0.3, 0.4) is 0 Å². The lowest BCUT2D eigenvalue weighted by Gasteiger charge is -2.34. The van der Waals surface area contributed by atoms with Gasteiger partial charge in [0.05, 0.1) is 11.1 Å². The van der Waals surface area contributed by atoms with Gasteiger partial charge in [-0.1, -0.05) is 0 Å². The number of alkyl halides is 6. The number of benzene rings is 1. The lowest BCUT2D eigenvalue weighted by atomic mass is 10.1. The molecule has 0 radical (unpaired) electrons. The molecule has 3 aromatic rings. The number of nitrogens with zero attached hydrogens (tertiary/aromatic N) is 4. The Morgan fingerprint density at radius 1 is 1.12 bits per heavy atom. The van der Waals surface area contributed by atoms with E-state index in [0.29, 0.717) is 24.4 Å². The van der Waals surface area contributed by atoms with E-state index in [9.17, 15) is 31.4 Å². The number of phenols is 1. The second kappa shape index (κ2) is 8.49. The maximum atomic E-state index is 13.7. The van der Waals surface area contributed by atoms with Gasteiger partial charge in [-0.3, -0.25) is 9.30 Å². The van der Waals surface area contributed by atoms with Crippen molar-refractivity contribution in [2.75, 3.05) is 18.4 Å². The molecule has 6 nitrogen and oxygen atoms in total. The highest BCUT2D eigenvalue weighted by Crippen LogP contribution is 2.37. The van der Waals surface area contributed by atoms with Crippen LogP contribution in [0.5, 0.6) is 5.75 Å². The molecule has 1 aromatic carbocycles. The van der Waals surface area contributed by atoms with Gasteiger partial charge < -0.3 is 10.4 Å². The summed E-state index contributed by atoms with van der Waals surface area (Å²) in [5.41, 5.74) is -0.297. The molecule has 1 aliphatic heterocycles. The number of piperidine rings is 1. The Hall–Kier alpha value is -3.02. The molecule has 2 aromatic heterocycles. The number of aromatic hydroxyl groups is 1. The quantitative estimate of drug-likeness (QED) is 0.433. The summed E-state index contributed by atoms with van der Waals surface area (Å²) >= 11 is 0. The zero-order chi connectivity index (χ0) is 23.0. The lowest BCUT2D eigenvalue weighted by Crippen LogP contribution is -2.48. The molecule has 32 heavy (non-hydrogen) atoms. The Kier molecular flexibility index (Phi) is 5.89. The van der Waals surface area contributed by atoms with Crippen molar-refractivity contribution in [1.29, 1.82) is 0 Å². The number of fused-ring (bicyclic) bond motifs is 1. The largest absolute Gasteiger partial charge is 0.507 e. The maximum absolute atomic E-state index is 13.7. The second-order valence-electron chi connectivity index (χ2n) is 7.55. The molecule has 1 saturated heterocycles. The number of nitrogens with one attached hydrogen (secondary N) is 1. The van der Waals surface area contributed by atoms with Crippen LogP contribution in [0.4, 0.5) is 32.3 Å². The lowest BCUT2D eigenvalue weighted by molar-refractivity contribution is -0.137. The van der Waals surface area contributed by atoms with Gasteiger partial charge in [-0.2, -0.15) is 13.2 Å². The van der Waals surface area contributed by atoms with Crippen molar-refractivity contribution in [3.63, 3.8) is 0 Å². The first-order chi connectivity index (χ1) is 15.1. The van der Waals surface area contributed by atoms with Crippen LogP contribution in [0.1, 0.15) is 18.4 Å². The van der Waals surface area contributed by atoms with E-state index in [4.69, 9.17) is 0 Å². The fraction of sp³-hybridized carbons (Fsp3) is 0.400. The van der Waals surface area contributed by atoms with Crippen molar-refractivity contribution in [1.82, 2.24) is 19.5 Å². The number of hydrogen-bond donors (Lipinski definition) is 2. The van der Waals surface area contributed by atoms with E-state index in [0.717, 1.165) is 17.0 Å². The third-order valence-electron chi connectivity index (χ3n) is 5.39. The van der Waals surface area contributed by atoms with Gasteiger partial charge in [0.15, 0.2) is 0 Å². The van der Waals surface area contributed by atoms with E-state index in [1.165, 1.54) is 0 Å². The topological polar surface area (TPSA) is 65.7 Å². The fourth-order valence-electron chi connectivity index (χ4n) is 3.84. The first kappa shape index (κ1) is 22.2. The van der Waals surface area contributed by atoms with Crippen LogP contribution >= 0.6 is 0 Å². The molecule has 172 valence electrons. The number of anilines is 1. The first-order valence-corrected chi connectivity index (χ1v) is 9.82. The standard InChI is InChI=1S/C20H19F6N5O/c21-17(22)18(23)30-7-1-3-12(10-30)27-19-29-28-16(14-4-2-8-31(14)19)13-6-5-11(9-15(13)32)20(24,25)26/h2,4-6,8-9,12,17-18,32H,1,3,7,10H2,(H,27,29)/t12-,18?/m1/s1. The van der Waals surface area contributed by atoms with E-state index in [1.807, 2.05) is 0 Å². The van der Waals surface area contributed by atoms with Gasteiger partial charge >= 0.3 is 6.18 Å². The second-order valence-corrected chi connectivity index (χ2v) is 7.55. The van der Waals surface area contributed by atoms with Crippen molar-refractivity contribution >= 4 is 11.5 Å². The Labute approximate surface area is 178 Å². The molecule has 0 aliphatic carbocycles. The molecule has 0 bridgehead atoms. The van der Waals surface area contributed by atoms with Gasteiger partial charge in [0.2, 0.25) is 12.2 Å². The summed E-state index contributed by atoms with van der Waals surface area (Å²) in [6.45, 7) is 0.276. The molecule has 3 heterocycles. The van der Waals surface area contributed by atoms with E-state index >= 15 is 0 Å². The summed E-state index contributed by atoms with van der Waals surface area (Å²) in [4.78, 5) is 1.07. The minimum atomic E-state index is -4.60. The van der Waals surface area contributed by atoms with E-state index < -0.39 is 30.2 Å². The first-order valence-electron chi connectivity index (χ1n) is 9.82. The van der Waals surface area contributed by atoms with E-state index in [-0.39, 0.29) is 36.3 Å². The zero-order valence-electron chi connectivity index (χ0n) is 16.5. The number of hydrogen-bond acceptors (Lipinski definition) is 5. The van der Waals surface area contributed by atoms with Crippen LogP contribution < -0.4 is 5.32 Å². The molecule has 0 saturated carbocycles. The van der Waals surface area contributed by atoms with Gasteiger partial charge in [0, 0.05) is 30.9 Å². The fourth-order valence-corrected chi connectivity index (χ4v) is 3.84. The average Bonchev–Trinajstić information content (AvgIpc) is 3.24. The monoisotopic (exact) mass is 459 g/mol. The van der Waals surface area contributed by atoms with Crippen molar-refractivity contribution in [2.24, 2.45) is 0 Å². The van der Waals surface area contributed by atoms with Crippen LogP contribution in [0.2, 0.25) is 0 Å². The van der Waals surface area contributed by atoms with Gasteiger partial charge in [-0.15, -0.1) is 10.2 Å². The molecule has 1 unspecified atom stereocenters. The molecule has 12 heteroatoms. The van der Waals surface area contributed by atoms with Crippen molar-refractivity contribution in [2.45, 2.75) is 37.8 Å². The minimum Gasteiger partial charge on any atom is -0.507 e. The molecule has 2 atom stereocenters. The van der Waals surface area contributed by atoms with Crippen LogP contribution in [0.25, 0.3) is 16.8 Å². The highest BCUT2D eigenvalue weighted by atomic mass is 19.4. The molecular formula is C20H19F6N5O. The van der Waals surface area contributed by atoms with Crippen LogP contribution in [0.15, 0.2) is 36.5 Å². The molecule has 4 rings (SSSR count). The predicted molar refractivity (Wildman–Crippen MR) is 104 cm³/mol. The third-order valence-corrected chi connectivity index (χ3v) is 5.39. The number of phenolic OH excluding ortho intramolecular Hbond substituents is 1. The zero-order valence-corrected chi connectivity index (χ0v) is 16.5. The van der Waals surface area contributed by atoms with Crippen molar-refractivity contribution < 1.29 is 31.4 Å². The summed E-state index contributed by atoms with van der Waals surface area (Å²) in [5.74, 6) is -0.332. The van der Waals surface area contributed by atoms with E-state index in [2.05, 4.69) is 15.5 Å². The molecule has 2 N–H and O–H groups in total.